The Balaban J connectivity index is 1.90. The Morgan fingerprint density at radius 3 is 2.83 bits per heavy atom. The van der Waals surface area contributed by atoms with Crippen LogP contribution >= 0.6 is 20.0 Å². The van der Waals surface area contributed by atoms with Crippen molar-refractivity contribution in [1.82, 2.24) is 19.5 Å². The molecule has 132 valence electrons. The average Bonchev–Trinajstić information content (AvgIpc) is 3.00. The van der Waals surface area contributed by atoms with Gasteiger partial charge in [-0.1, -0.05) is 0 Å². The summed E-state index contributed by atoms with van der Waals surface area (Å²) in [6.45, 7) is -0.606. The molecule has 0 aliphatic carbocycles. The van der Waals surface area contributed by atoms with Gasteiger partial charge in [0.15, 0.2) is 16.8 Å². The van der Waals surface area contributed by atoms with Crippen molar-refractivity contribution in [3.05, 3.63) is 11.1 Å². The molecule has 0 unspecified atom stereocenters. The molecule has 0 bridgehead atoms. The Labute approximate surface area is 139 Å². The Morgan fingerprint density at radius 2 is 2.17 bits per heavy atom. The van der Waals surface area contributed by atoms with Crippen LogP contribution in [0.5, 0.6) is 0 Å². The smallest absolute Gasteiger partial charge is 0.387 e. The molecular formula is C10H14N5O7PS. The quantitative estimate of drug-likeness (QED) is 0.276. The highest BCUT2D eigenvalue weighted by Gasteiger charge is 2.45. The number of fused-ring (bicyclic) bond motifs is 1. The molecule has 2 aromatic rings. The Morgan fingerprint density at radius 1 is 1.46 bits per heavy atom. The minimum Gasteiger partial charge on any atom is -0.387 e. The normalized spacial score (nSPS) is 27.8. The van der Waals surface area contributed by atoms with Crippen LogP contribution in [0.3, 0.4) is 0 Å². The Hall–Kier alpha value is -1.44. The first-order valence-corrected chi connectivity index (χ1v) is 8.55. The van der Waals surface area contributed by atoms with E-state index in [1.165, 1.54) is 10.9 Å². The molecule has 1 saturated heterocycles. The zero-order chi connectivity index (χ0) is 17.6. The molecule has 3 heterocycles. The number of nitrogens with zero attached hydrogens (tertiary/aromatic N) is 3. The van der Waals surface area contributed by atoms with Gasteiger partial charge >= 0.3 is 7.82 Å². The fourth-order valence-electron chi connectivity index (χ4n) is 2.42. The van der Waals surface area contributed by atoms with Gasteiger partial charge in [0.05, 0.1) is 12.9 Å². The van der Waals surface area contributed by atoms with Gasteiger partial charge in [0.25, 0.3) is 0 Å². The number of aromatic amines is 1. The lowest BCUT2D eigenvalue weighted by Gasteiger charge is -2.16. The zero-order valence-corrected chi connectivity index (χ0v) is 13.6. The number of hydrogen-bond acceptors (Lipinski definition) is 9. The maximum absolute atomic E-state index is 10.8. The first-order valence-electron chi connectivity index (χ1n) is 6.61. The van der Waals surface area contributed by atoms with E-state index in [0.717, 1.165) is 0 Å². The monoisotopic (exact) mass is 379 g/mol. The molecule has 1 aliphatic heterocycles. The summed E-state index contributed by atoms with van der Waals surface area (Å²) in [5, 5.41) is 20.2. The van der Waals surface area contributed by atoms with Gasteiger partial charge in [-0.2, -0.15) is 0 Å². The van der Waals surface area contributed by atoms with Crippen molar-refractivity contribution in [2.75, 3.05) is 12.3 Å². The van der Waals surface area contributed by atoms with Gasteiger partial charge < -0.3 is 35.5 Å². The van der Waals surface area contributed by atoms with Crippen LogP contribution in [0.15, 0.2) is 6.33 Å². The number of anilines is 1. The minimum atomic E-state index is -4.73. The average molecular weight is 379 g/mol. The number of aromatic nitrogens is 4. The van der Waals surface area contributed by atoms with Crippen LogP contribution in [0, 0.1) is 4.77 Å². The molecule has 14 heteroatoms. The van der Waals surface area contributed by atoms with Crippen molar-refractivity contribution in [2.24, 2.45) is 0 Å². The second-order valence-electron chi connectivity index (χ2n) is 5.11. The lowest BCUT2D eigenvalue weighted by atomic mass is 10.1. The van der Waals surface area contributed by atoms with Crippen molar-refractivity contribution >= 4 is 37.0 Å². The van der Waals surface area contributed by atoms with E-state index < -0.39 is 39.0 Å². The van der Waals surface area contributed by atoms with Crippen LogP contribution in [-0.2, 0) is 13.8 Å². The zero-order valence-electron chi connectivity index (χ0n) is 11.9. The summed E-state index contributed by atoms with van der Waals surface area (Å²) in [7, 11) is -4.73. The summed E-state index contributed by atoms with van der Waals surface area (Å²) in [4.78, 5) is 28.1. The van der Waals surface area contributed by atoms with Gasteiger partial charge in [0.1, 0.15) is 29.5 Å². The topological polar surface area (TPSA) is 189 Å². The highest BCUT2D eigenvalue weighted by molar-refractivity contribution is 7.71. The third-order valence-corrected chi connectivity index (χ3v) is 4.18. The van der Waals surface area contributed by atoms with Crippen molar-refractivity contribution < 1.29 is 33.8 Å². The second kappa shape index (κ2) is 6.13. The van der Waals surface area contributed by atoms with Gasteiger partial charge in [0, 0.05) is 0 Å². The number of nitrogens with one attached hydrogen (secondary N) is 1. The van der Waals surface area contributed by atoms with Gasteiger partial charge in [-0.3, -0.25) is 9.09 Å². The van der Waals surface area contributed by atoms with Crippen LogP contribution < -0.4 is 5.73 Å². The highest BCUT2D eigenvalue weighted by atomic mass is 32.1. The third kappa shape index (κ3) is 3.20. The van der Waals surface area contributed by atoms with Crippen molar-refractivity contribution in [3.63, 3.8) is 0 Å². The number of phosphoric ester groups is 1. The van der Waals surface area contributed by atoms with E-state index in [0.29, 0.717) is 11.2 Å². The molecule has 1 aliphatic rings. The summed E-state index contributed by atoms with van der Waals surface area (Å²) in [5.41, 5.74) is 6.34. The van der Waals surface area contributed by atoms with E-state index in [4.69, 9.17) is 32.5 Å². The molecule has 24 heavy (non-hydrogen) atoms. The van der Waals surface area contributed by atoms with Crippen LogP contribution in [0.1, 0.15) is 6.23 Å². The Kier molecular flexibility index (Phi) is 4.44. The van der Waals surface area contributed by atoms with Crippen molar-refractivity contribution in [3.8, 4) is 0 Å². The number of aliphatic hydroxyl groups is 2. The lowest BCUT2D eigenvalue weighted by molar-refractivity contribution is -0.0504. The predicted molar refractivity (Wildman–Crippen MR) is 81.0 cm³/mol. The first-order chi connectivity index (χ1) is 11.2. The fourth-order valence-corrected chi connectivity index (χ4v) is 2.96. The number of hydrogen-bond donors (Lipinski definition) is 6. The lowest BCUT2D eigenvalue weighted by Crippen LogP contribution is -2.33. The van der Waals surface area contributed by atoms with Crippen LogP contribution in [-0.4, -0.2) is 64.4 Å². The SMILES string of the molecule is Nc1nc(=S)[nH]c2c1ncn2[C@@H]1O[C@H](COP(=O)(O)O)[C@@H](O)[C@H]1O. The fraction of sp³-hybridized carbons (Fsp3) is 0.500. The standard InChI is InChI=1S/C10H14N5O7PS/c11-7-4-8(14-10(24)13-7)15(2-12-4)9-6(17)5(16)3(22-9)1-21-23(18,19)20/h2-3,5-6,9,16-17H,1H2,(H2,18,19,20)(H3,11,13,14,24)/t3-,5-,6-,9-/m1/s1. The molecule has 0 amide bonds. The highest BCUT2D eigenvalue weighted by Crippen LogP contribution is 2.38. The molecule has 4 atom stereocenters. The summed E-state index contributed by atoms with van der Waals surface area (Å²) < 4.78 is 22.0. The number of rotatable bonds is 4. The van der Waals surface area contributed by atoms with Crippen LogP contribution in [0.25, 0.3) is 11.2 Å². The second-order valence-corrected chi connectivity index (χ2v) is 6.73. The largest absolute Gasteiger partial charge is 0.469 e. The summed E-state index contributed by atoms with van der Waals surface area (Å²) in [6, 6.07) is 0. The molecule has 12 nitrogen and oxygen atoms in total. The molecule has 0 saturated carbocycles. The molecule has 7 N–H and O–H groups in total. The molecule has 0 aromatic carbocycles. The molecule has 2 aromatic heterocycles. The van der Waals surface area contributed by atoms with Crippen LogP contribution in [0.2, 0.25) is 0 Å². The van der Waals surface area contributed by atoms with E-state index in [1.54, 1.807) is 0 Å². The number of phosphoric acid groups is 1. The molecule has 1 fully saturated rings. The summed E-state index contributed by atoms with van der Waals surface area (Å²) in [5.74, 6) is 0.0851. The van der Waals surface area contributed by atoms with E-state index in [9.17, 15) is 14.8 Å². The number of nitrogen functional groups attached to an aromatic ring is 1. The maximum atomic E-state index is 10.8. The number of aliphatic hydroxyl groups excluding tert-OH is 2. The summed E-state index contributed by atoms with van der Waals surface area (Å²) in [6.07, 6.45) is -3.77. The van der Waals surface area contributed by atoms with E-state index in [-0.39, 0.29) is 10.6 Å². The predicted octanol–water partition coefficient (Wildman–Crippen LogP) is -1.20. The summed E-state index contributed by atoms with van der Waals surface area (Å²) >= 11 is 4.94. The number of ether oxygens (including phenoxy) is 1. The minimum absolute atomic E-state index is 0.0851. The van der Waals surface area contributed by atoms with Crippen LogP contribution in [0.4, 0.5) is 5.82 Å². The molecule has 0 spiro atoms. The molecule has 3 rings (SSSR count). The van der Waals surface area contributed by atoms with Gasteiger partial charge in [-0.15, -0.1) is 0 Å². The Bertz CT molecular complexity index is 865. The van der Waals surface area contributed by atoms with Crippen molar-refractivity contribution in [1.29, 1.82) is 0 Å². The molecule has 0 radical (unpaired) electrons. The van der Waals surface area contributed by atoms with Gasteiger partial charge in [0.2, 0.25) is 0 Å². The van der Waals surface area contributed by atoms with Gasteiger partial charge in [-0.25, -0.2) is 14.5 Å². The van der Waals surface area contributed by atoms with Gasteiger partial charge in [-0.05, 0) is 12.2 Å². The first kappa shape index (κ1) is 17.4. The maximum Gasteiger partial charge on any atom is 0.469 e. The number of imidazole rings is 1. The van der Waals surface area contributed by atoms with E-state index in [2.05, 4.69) is 19.5 Å². The molecular weight excluding hydrogens is 365 g/mol. The van der Waals surface area contributed by atoms with E-state index >= 15 is 0 Å². The van der Waals surface area contributed by atoms with E-state index in [1.807, 2.05) is 0 Å². The third-order valence-electron chi connectivity index (χ3n) is 3.50. The number of nitrogens with two attached hydrogens (primary N) is 1. The number of H-pyrrole nitrogens is 1. The van der Waals surface area contributed by atoms with Crippen molar-refractivity contribution in [2.45, 2.75) is 24.5 Å².